The molecule has 6 heteroatoms. The number of aromatic amines is 1. The SMILES string of the molecule is CCOC(=O)c1[nH]nc(C(=O)C(C)C(C)O)c1-c1ccccc1. The topological polar surface area (TPSA) is 92.3 Å². The molecule has 2 rings (SSSR count). The summed E-state index contributed by atoms with van der Waals surface area (Å²) in [5.41, 5.74) is 1.36. The number of rotatable bonds is 6. The summed E-state index contributed by atoms with van der Waals surface area (Å²) in [5.74, 6) is -1.52. The van der Waals surface area contributed by atoms with Crippen LogP contribution in [0.5, 0.6) is 0 Å². The van der Waals surface area contributed by atoms with Crippen LogP contribution in [0.3, 0.4) is 0 Å². The zero-order valence-electron chi connectivity index (χ0n) is 13.4. The number of carbonyl (C=O) groups excluding carboxylic acids is 2. The van der Waals surface area contributed by atoms with Crippen LogP contribution in [-0.4, -0.2) is 39.8 Å². The molecule has 122 valence electrons. The van der Waals surface area contributed by atoms with Crippen molar-refractivity contribution in [3.8, 4) is 11.1 Å². The number of Topliss-reactive ketones (excluding diaryl/α,β-unsaturated/α-hetero) is 1. The predicted molar refractivity (Wildman–Crippen MR) is 85.2 cm³/mol. The Morgan fingerprint density at radius 2 is 1.91 bits per heavy atom. The normalized spacial score (nSPS) is 13.4. The van der Waals surface area contributed by atoms with E-state index in [2.05, 4.69) is 10.2 Å². The van der Waals surface area contributed by atoms with Gasteiger partial charge in [-0.2, -0.15) is 5.10 Å². The van der Waals surface area contributed by atoms with Gasteiger partial charge < -0.3 is 9.84 Å². The average Bonchev–Trinajstić information content (AvgIpc) is 2.99. The quantitative estimate of drug-likeness (QED) is 0.631. The molecule has 1 aromatic heterocycles. The van der Waals surface area contributed by atoms with Crippen LogP contribution in [0.15, 0.2) is 30.3 Å². The molecule has 2 N–H and O–H groups in total. The Bertz CT molecular complexity index is 692. The minimum Gasteiger partial charge on any atom is -0.461 e. The van der Waals surface area contributed by atoms with Crippen LogP contribution in [0, 0.1) is 5.92 Å². The van der Waals surface area contributed by atoms with Crippen molar-refractivity contribution in [2.45, 2.75) is 26.9 Å². The molecule has 2 atom stereocenters. The maximum absolute atomic E-state index is 12.6. The van der Waals surface area contributed by atoms with Crippen molar-refractivity contribution in [1.82, 2.24) is 10.2 Å². The second-order valence-corrected chi connectivity index (χ2v) is 5.30. The zero-order chi connectivity index (χ0) is 17.0. The summed E-state index contributed by atoms with van der Waals surface area (Å²) in [6.07, 6.45) is -0.811. The van der Waals surface area contributed by atoms with Crippen molar-refractivity contribution in [2.75, 3.05) is 6.61 Å². The molecule has 1 heterocycles. The third-order valence-electron chi connectivity index (χ3n) is 3.68. The summed E-state index contributed by atoms with van der Waals surface area (Å²) in [6.45, 7) is 5.10. The van der Waals surface area contributed by atoms with Crippen LogP contribution in [-0.2, 0) is 4.74 Å². The molecule has 0 amide bonds. The Hall–Kier alpha value is -2.47. The number of nitrogens with zero attached hydrogens (tertiary/aromatic N) is 1. The van der Waals surface area contributed by atoms with Crippen LogP contribution in [0.4, 0.5) is 0 Å². The first-order chi connectivity index (χ1) is 11.0. The molecule has 6 nitrogen and oxygen atoms in total. The van der Waals surface area contributed by atoms with Crippen LogP contribution >= 0.6 is 0 Å². The molecule has 0 radical (unpaired) electrons. The molecule has 1 aromatic carbocycles. The standard InChI is InChI=1S/C17H20N2O4/c1-4-23-17(22)15-13(12-8-6-5-7-9-12)14(18-19-15)16(21)10(2)11(3)20/h5-11,20H,4H2,1-3H3,(H,18,19). The smallest absolute Gasteiger partial charge is 0.357 e. The molecular formula is C17H20N2O4. The molecule has 0 bridgehead atoms. The van der Waals surface area contributed by atoms with E-state index in [-0.39, 0.29) is 23.8 Å². The van der Waals surface area contributed by atoms with E-state index in [4.69, 9.17) is 4.74 Å². The van der Waals surface area contributed by atoms with Crippen LogP contribution < -0.4 is 0 Å². The number of esters is 1. The first-order valence-corrected chi connectivity index (χ1v) is 7.50. The predicted octanol–water partition coefficient (Wildman–Crippen LogP) is 2.45. The van der Waals surface area contributed by atoms with E-state index in [0.717, 1.165) is 0 Å². The Balaban J connectivity index is 2.56. The van der Waals surface area contributed by atoms with Gasteiger partial charge in [0.1, 0.15) is 5.69 Å². The number of aliphatic hydroxyl groups is 1. The number of aliphatic hydroxyl groups excluding tert-OH is 1. The molecule has 0 spiro atoms. The number of nitrogens with one attached hydrogen (secondary N) is 1. The van der Waals surface area contributed by atoms with Crippen molar-refractivity contribution in [3.63, 3.8) is 0 Å². The summed E-state index contributed by atoms with van der Waals surface area (Å²) >= 11 is 0. The van der Waals surface area contributed by atoms with Crippen LogP contribution in [0.2, 0.25) is 0 Å². The molecule has 0 saturated carbocycles. The zero-order valence-corrected chi connectivity index (χ0v) is 13.4. The second kappa shape index (κ2) is 7.19. The molecular weight excluding hydrogens is 296 g/mol. The van der Waals surface area contributed by atoms with Crippen molar-refractivity contribution < 1.29 is 19.4 Å². The van der Waals surface area contributed by atoms with Crippen LogP contribution in [0.1, 0.15) is 41.7 Å². The van der Waals surface area contributed by atoms with Crippen molar-refractivity contribution in [1.29, 1.82) is 0 Å². The fraction of sp³-hybridized carbons (Fsp3) is 0.353. The van der Waals surface area contributed by atoms with Gasteiger partial charge in [-0.1, -0.05) is 37.3 Å². The van der Waals surface area contributed by atoms with E-state index in [1.165, 1.54) is 0 Å². The van der Waals surface area contributed by atoms with Gasteiger partial charge in [0.15, 0.2) is 11.5 Å². The number of benzene rings is 1. The molecule has 0 fully saturated rings. The molecule has 23 heavy (non-hydrogen) atoms. The lowest BCUT2D eigenvalue weighted by atomic mass is 9.93. The fourth-order valence-electron chi connectivity index (χ4n) is 2.19. The third kappa shape index (κ3) is 3.48. The van der Waals surface area contributed by atoms with Crippen LogP contribution in [0.25, 0.3) is 11.1 Å². The minimum atomic E-state index is -0.811. The monoisotopic (exact) mass is 316 g/mol. The number of ketones is 1. The maximum Gasteiger partial charge on any atom is 0.357 e. The number of ether oxygens (including phenoxy) is 1. The maximum atomic E-state index is 12.6. The summed E-state index contributed by atoms with van der Waals surface area (Å²) in [4.78, 5) is 24.7. The highest BCUT2D eigenvalue weighted by atomic mass is 16.5. The van der Waals surface area contributed by atoms with E-state index >= 15 is 0 Å². The highest BCUT2D eigenvalue weighted by Crippen LogP contribution is 2.29. The highest BCUT2D eigenvalue weighted by molar-refractivity contribution is 6.07. The number of carbonyl (C=O) groups is 2. The summed E-state index contributed by atoms with van der Waals surface area (Å²) in [6, 6.07) is 9.04. The molecule has 0 saturated heterocycles. The van der Waals surface area contributed by atoms with Gasteiger partial charge in [0.2, 0.25) is 0 Å². The first-order valence-electron chi connectivity index (χ1n) is 7.50. The van der Waals surface area contributed by atoms with Gasteiger partial charge >= 0.3 is 5.97 Å². The molecule has 0 aliphatic heterocycles. The van der Waals surface area contributed by atoms with Crippen molar-refractivity contribution in [2.24, 2.45) is 5.92 Å². The van der Waals surface area contributed by atoms with Crippen molar-refractivity contribution in [3.05, 3.63) is 41.7 Å². The lowest BCUT2D eigenvalue weighted by Gasteiger charge is -2.13. The first kappa shape index (κ1) is 16.9. The Morgan fingerprint density at radius 1 is 1.26 bits per heavy atom. The number of H-pyrrole nitrogens is 1. The van der Waals surface area contributed by atoms with E-state index in [9.17, 15) is 14.7 Å². The van der Waals surface area contributed by atoms with E-state index in [1.54, 1.807) is 32.9 Å². The van der Waals surface area contributed by atoms with Gasteiger partial charge in [-0.25, -0.2) is 4.79 Å². The van der Waals surface area contributed by atoms with E-state index in [1.807, 2.05) is 18.2 Å². The van der Waals surface area contributed by atoms with Crippen molar-refractivity contribution >= 4 is 11.8 Å². The Labute approximate surface area is 134 Å². The molecule has 0 aliphatic rings. The van der Waals surface area contributed by atoms with Gasteiger partial charge in [0.05, 0.1) is 12.7 Å². The lowest BCUT2D eigenvalue weighted by Crippen LogP contribution is -2.23. The lowest BCUT2D eigenvalue weighted by molar-refractivity contribution is 0.0520. The second-order valence-electron chi connectivity index (χ2n) is 5.30. The van der Waals surface area contributed by atoms with Gasteiger partial charge in [-0.05, 0) is 19.4 Å². The fourth-order valence-corrected chi connectivity index (χ4v) is 2.19. The van der Waals surface area contributed by atoms with Gasteiger partial charge in [-0.15, -0.1) is 0 Å². The average molecular weight is 316 g/mol. The third-order valence-corrected chi connectivity index (χ3v) is 3.68. The Morgan fingerprint density at radius 3 is 2.48 bits per heavy atom. The highest BCUT2D eigenvalue weighted by Gasteiger charge is 2.29. The summed E-state index contributed by atoms with van der Waals surface area (Å²) in [7, 11) is 0. The van der Waals surface area contributed by atoms with Gasteiger partial charge in [-0.3, -0.25) is 9.89 Å². The number of hydrogen-bond acceptors (Lipinski definition) is 5. The summed E-state index contributed by atoms with van der Waals surface area (Å²) in [5, 5.41) is 16.3. The molecule has 2 aromatic rings. The largest absolute Gasteiger partial charge is 0.461 e. The minimum absolute atomic E-state index is 0.132. The summed E-state index contributed by atoms with van der Waals surface area (Å²) < 4.78 is 5.02. The van der Waals surface area contributed by atoms with Gasteiger partial charge in [0.25, 0.3) is 0 Å². The van der Waals surface area contributed by atoms with E-state index in [0.29, 0.717) is 11.1 Å². The number of aromatic nitrogens is 2. The number of hydrogen-bond donors (Lipinski definition) is 2. The molecule has 0 aliphatic carbocycles. The molecule has 2 unspecified atom stereocenters. The Kier molecular flexibility index (Phi) is 5.28. The van der Waals surface area contributed by atoms with Gasteiger partial charge in [0, 0.05) is 11.5 Å². The van der Waals surface area contributed by atoms with E-state index < -0.39 is 18.0 Å².